The second-order valence-electron chi connectivity index (χ2n) is 5.12. The Balaban J connectivity index is 1.70. The van der Waals surface area contributed by atoms with Gasteiger partial charge in [-0.2, -0.15) is 0 Å². The summed E-state index contributed by atoms with van der Waals surface area (Å²) in [6.45, 7) is 1.74. The van der Waals surface area contributed by atoms with Crippen molar-refractivity contribution in [1.82, 2.24) is 4.98 Å². The number of aromatic nitrogens is 1. The Morgan fingerprint density at radius 3 is 2.71 bits per heavy atom. The number of amides is 1. The van der Waals surface area contributed by atoms with Gasteiger partial charge in [-0.1, -0.05) is 12.1 Å². The van der Waals surface area contributed by atoms with Crippen molar-refractivity contribution >= 4 is 22.9 Å². The number of benzene rings is 2. The number of carbonyl (C=O) groups excluding carboxylic acids is 1. The molecule has 0 bridgehead atoms. The number of hydrogen-bond acceptors (Lipinski definition) is 4. The molecule has 0 aliphatic heterocycles. The number of carbonyl (C=O) groups is 1. The molecule has 0 aliphatic carbocycles. The largest absolute Gasteiger partial charge is 0.485 e. The smallest absolute Gasteiger partial charge is 0.221 e. The molecule has 1 aromatic heterocycles. The van der Waals surface area contributed by atoms with Gasteiger partial charge in [0.05, 0.1) is 11.4 Å². The Hall–Kier alpha value is -2.73. The van der Waals surface area contributed by atoms with Gasteiger partial charge in [0.1, 0.15) is 23.2 Å². The van der Waals surface area contributed by atoms with Gasteiger partial charge >= 0.3 is 0 Å². The first-order chi connectivity index (χ1) is 11.6. The van der Waals surface area contributed by atoms with Crippen LogP contribution in [0.2, 0.25) is 0 Å². The monoisotopic (exact) mass is 342 g/mol. The number of anilines is 1. The highest BCUT2D eigenvalue weighted by Gasteiger charge is 2.08. The highest BCUT2D eigenvalue weighted by atomic mass is 32.1. The summed E-state index contributed by atoms with van der Waals surface area (Å²) >= 11 is 1.48. The molecule has 6 heteroatoms. The predicted molar refractivity (Wildman–Crippen MR) is 92.6 cm³/mol. The Morgan fingerprint density at radius 2 is 1.96 bits per heavy atom. The normalized spacial score (nSPS) is 10.4. The van der Waals surface area contributed by atoms with Crippen LogP contribution in [-0.4, -0.2) is 10.9 Å². The van der Waals surface area contributed by atoms with E-state index in [1.807, 2.05) is 17.5 Å². The second kappa shape index (κ2) is 7.23. The molecule has 2 aromatic carbocycles. The summed E-state index contributed by atoms with van der Waals surface area (Å²) in [6.07, 6.45) is 0. The van der Waals surface area contributed by atoms with Crippen molar-refractivity contribution < 1.29 is 13.9 Å². The average Bonchev–Trinajstić information content (AvgIpc) is 3.03. The molecular weight excluding hydrogens is 327 g/mol. The third-order valence-corrected chi connectivity index (χ3v) is 4.16. The number of nitrogens with zero attached hydrogens (tertiary/aromatic N) is 1. The van der Waals surface area contributed by atoms with Crippen molar-refractivity contribution in [2.75, 3.05) is 5.32 Å². The van der Waals surface area contributed by atoms with Gasteiger partial charge in [0.25, 0.3) is 0 Å². The Labute approximate surface area is 142 Å². The summed E-state index contributed by atoms with van der Waals surface area (Å²) in [4.78, 5) is 15.7. The summed E-state index contributed by atoms with van der Waals surface area (Å²) < 4.78 is 18.7. The molecule has 24 heavy (non-hydrogen) atoms. The zero-order valence-electron chi connectivity index (χ0n) is 13.0. The van der Waals surface area contributed by atoms with E-state index < -0.39 is 0 Å². The second-order valence-corrected chi connectivity index (χ2v) is 5.98. The fourth-order valence-corrected chi connectivity index (χ4v) is 2.95. The van der Waals surface area contributed by atoms with Crippen LogP contribution in [0, 0.1) is 5.82 Å². The lowest BCUT2D eigenvalue weighted by molar-refractivity contribution is -0.114. The first-order valence-electron chi connectivity index (χ1n) is 7.31. The molecule has 3 aromatic rings. The van der Waals surface area contributed by atoms with Crippen LogP contribution < -0.4 is 10.1 Å². The molecule has 0 saturated heterocycles. The van der Waals surface area contributed by atoms with E-state index >= 15 is 0 Å². The Kier molecular flexibility index (Phi) is 4.86. The van der Waals surface area contributed by atoms with Gasteiger partial charge < -0.3 is 10.1 Å². The van der Waals surface area contributed by atoms with Crippen LogP contribution in [0.3, 0.4) is 0 Å². The molecule has 0 aliphatic rings. The summed E-state index contributed by atoms with van der Waals surface area (Å²) in [6, 6.07) is 13.5. The van der Waals surface area contributed by atoms with Crippen LogP contribution in [0.4, 0.5) is 10.1 Å². The van der Waals surface area contributed by atoms with E-state index in [4.69, 9.17) is 4.74 Å². The van der Waals surface area contributed by atoms with E-state index in [9.17, 15) is 9.18 Å². The minimum atomic E-state index is -0.270. The van der Waals surface area contributed by atoms with E-state index in [0.717, 1.165) is 16.3 Å². The number of halogens is 1. The van der Waals surface area contributed by atoms with Crippen LogP contribution in [0.25, 0.3) is 10.6 Å². The van der Waals surface area contributed by atoms with Gasteiger partial charge in [-0.25, -0.2) is 9.37 Å². The SMILES string of the molecule is CC(=O)Nc1ccccc1OCc1csc(-c2ccc(F)cc2)n1. The van der Waals surface area contributed by atoms with Crippen LogP contribution in [0.5, 0.6) is 5.75 Å². The quantitative estimate of drug-likeness (QED) is 0.743. The van der Waals surface area contributed by atoms with Gasteiger partial charge in [-0.05, 0) is 36.4 Å². The lowest BCUT2D eigenvalue weighted by Crippen LogP contribution is -2.07. The zero-order valence-corrected chi connectivity index (χ0v) is 13.8. The molecule has 3 rings (SSSR count). The van der Waals surface area contributed by atoms with E-state index in [0.29, 0.717) is 11.4 Å². The Morgan fingerprint density at radius 1 is 1.21 bits per heavy atom. The molecule has 0 radical (unpaired) electrons. The fourth-order valence-electron chi connectivity index (χ4n) is 2.14. The van der Waals surface area contributed by atoms with E-state index in [1.54, 1.807) is 24.3 Å². The summed E-state index contributed by atoms with van der Waals surface area (Å²) in [5, 5.41) is 5.44. The number of thiazole rings is 1. The van der Waals surface area contributed by atoms with E-state index in [1.165, 1.54) is 30.4 Å². The maximum atomic E-state index is 13.0. The number of ether oxygens (including phenoxy) is 1. The maximum absolute atomic E-state index is 13.0. The zero-order chi connectivity index (χ0) is 16.9. The highest BCUT2D eigenvalue weighted by Crippen LogP contribution is 2.27. The topological polar surface area (TPSA) is 51.2 Å². The summed E-state index contributed by atoms with van der Waals surface area (Å²) in [5.41, 5.74) is 2.27. The summed E-state index contributed by atoms with van der Waals surface area (Å²) in [5.74, 6) is 0.163. The molecule has 0 spiro atoms. The van der Waals surface area contributed by atoms with E-state index in [-0.39, 0.29) is 18.3 Å². The minimum absolute atomic E-state index is 0.154. The van der Waals surface area contributed by atoms with Crippen molar-refractivity contribution in [1.29, 1.82) is 0 Å². The number of para-hydroxylation sites is 2. The Bertz CT molecular complexity index is 846. The average molecular weight is 342 g/mol. The first-order valence-corrected chi connectivity index (χ1v) is 8.19. The molecular formula is C18H15FN2O2S. The van der Waals surface area contributed by atoms with Gasteiger partial charge in [-0.3, -0.25) is 4.79 Å². The third-order valence-electron chi connectivity index (χ3n) is 3.22. The molecule has 1 heterocycles. The molecule has 0 atom stereocenters. The highest BCUT2D eigenvalue weighted by molar-refractivity contribution is 7.13. The van der Waals surface area contributed by atoms with Crippen molar-refractivity contribution in [3.63, 3.8) is 0 Å². The predicted octanol–water partition coefficient (Wildman–Crippen LogP) is 4.49. The standard InChI is InChI=1S/C18H15FN2O2S/c1-12(22)20-16-4-2-3-5-17(16)23-10-15-11-24-18(21-15)13-6-8-14(19)9-7-13/h2-9,11H,10H2,1H3,(H,20,22). The molecule has 1 N–H and O–H groups in total. The van der Waals surface area contributed by atoms with Crippen LogP contribution in [0.15, 0.2) is 53.9 Å². The van der Waals surface area contributed by atoms with Crippen molar-refractivity contribution in [2.45, 2.75) is 13.5 Å². The lowest BCUT2D eigenvalue weighted by atomic mass is 10.2. The fraction of sp³-hybridized carbons (Fsp3) is 0.111. The molecule has 122 valence electrons. The molecule has 4 nitrogen and oxygen atoms in total. The van der Waals surface area contributed by atoms with Gasteiger partial charge in [0, 0.05) is 17.9 Å². The number of hydrogen-bond donors (Lipinski definition) is 1. The van der Waals surface area contributed by atoms with Gasteiger partial charge in [0.15, 0.2) is 0 Å². The molecule has 0 saturated carbocycles. The van der Waals surface area contributed by atoms with Crippen molar-refractivity contribution in [3.05, 3.63) is 65.4 Å². The van der Waals surface area contributed by atoms with Crippen LogP contribution >= 0.6 is 11.3 Å². The van der Waals surface area contributed by atoms with Crippen LogP contribution in [-0.2, 0) is 11.4 Å². The summed E-state index contributed by atoms with van der Waals surface area (Å²) in [7, 11) is 0. The third kappa shape index (κ3) is 3.97. The van der Waals surface area contributed by atoms with Crippen LogP contribution in [0.1, 0.15) is 12.6 Å². The van der Waals surface area contributed by atoms with Crippen molar-refractivity contribution in [2.24, 2.45) is 0 Å². The van der Waals surface area contributed by atoms with Gasteiger partial charge in [0.2, 0.25) is 5.91 Å². The molecule has 0 unspecified atom stereocenters. The number of rotatable bonds is 5. The maximum Gasteiger partial charge on any atom is 0.221 e. The molecule has 0 fully saturated rings. The van der Waals surface area contributed by atoms with Gasteiger partial charge in [-0.15, -0.1) is 11.3 Å². The lowest BCUT2D eigenvalue weighted by Gasteiger charge is -2.10. The molecule has 1 amide bonds. The van der Waals surface area contributed by atoms with Crippen molar-refractivity contribution in [3.8, 4) is 16.3 Å². The number of nitrogens with one attached hydrogen (secondary N) is 1. The van der Waals surface area contributed by atoms with E-state index in [2.05, 4.69) is 10.3 Å². The minimum Gasteiger partial charge on any atom is -0.485 e. The first kappa shape index (κ1) is 16.1.